The zero-order valence-corrected chi connectivity index (χ0v) is 13.7. The molecule has 2 aromatic rings. The Labute approximate surface area is 138 Å². The van der Waals surface area contributed by atoms with Gasteiger partial charge in [0.25, 0.3) is 0 Å². The molecule has 2 aromatic carbocycles. The van der Waals surface area contributed by atoms with E-state index in [2.05, 4.69) is 36.1 Å². The van der Waals surface area contributed by atoms with Gasteiger partial charge in [0.2, 0.25) is 0 Å². The quantitative estimate of drug-likeness (QED) is 0.888. The number of hydrogen-bond acceptors (Lipinski definition) is 3. The number of nitrogens with zero attached hydrogens (tertiary/aromatic N) is 1. The summed E-state index contributed by atoms with van der Waals surface area (Å²) in [6, 6.07) is 14.9. The van der Waals surface area contributed by atoms with Crippen molar-refractivity contribution < 1.29 is 10.2 Å². The highest BCUT2D eigenvalue weighted by molar-refractivity contribution is 5.68. The first kappa shape index (κ1) is 16.2. The fourth-order valence-electron chi connectivity index (χ4n) is 3.44. The van der Waals surface area contributed by atoms with Crippen molar-refractivity contribution in [3.63, 3.8) is 0 Å². The van der Waals surface area contributed by atoms with Crippen LogP contribution < -0.4 is 0 Å². The van der Waals surface area contributed by atoms with Crippen LogP contribution in [0.2, 0.25) is 0 Å². The predicted octanol–water partition coefficient (Wildman–Crippen LogP) is 3.50. The lowest BCUT2D eigenvalue weighted by Crippen LogP contribution is -2.23. The minimum atomic E-state index is -0.0187. The number of aliphatic hydroxyl groups excluding tert-OH is 2. The lowest BCUT2D eigenvalue weighted by Gasteiger charge is -2.24. The van der Waals surface area contributed by atoms with Gasteiger partial charge in [-0.25, -0.2) is 0 Å². The molecule has 0 amide bonds. The van der Waals surface area contributed by atoms with Gasteiger partial charge in [0.1, 0.15) is 0 Å². The lowest BCUT2D eigenvalue weighted by atomic mass is 9.96. The fourth-order valence-corrected chi connectivity index (χ4v) is 3.44. The number of aliphatic hydroxyl groups is 2. The van der Waals surface area contributed by atoms with Crippen molar-refractivity contribution in [1.29, 1.82) is 0 Å². The summed E-state index contributed by atoms with van der Waals surface area (Å²) in [7, 11) is 0. The second-order valence-electron chi connectivity index (χ2n) is 6.35. The second kappa shape index (κ2) is 7.26. The highest BCUT2D eigenvalue weighted by Gasteiger charge is 2.19. The summed E-state index contributed by atoms with van der Waals surface area (Å²) in [5.74, 6) is 0. The first-order valence-corrected chi connectivity index (χ1v) is 8.41. The van der Waals surface area contributed by atoms with Gasteiger partial charge in [0, 0.05) is 6.04 Å². The zero-order chi connectivity index (χ0) is 16.2. The van der Waals surface area contributed by atoms with Gasteiger partial charge in [-0.1, -0.05) is 42.5 Å². The van der Waals surface area contributed by atoms with E-state index in [1.165, 1.54) is 31.5 Å². The monoisotopic (exact) mass is 311 g/mol. The van der Waals surface area contributed by atoms with Crippen molar-refractivity contribution in [1.82, 2.24) is 4.90 Å². The van der Waals surface area contributed by atoms with Crippen LogP contribution in [0, 0.1) is 0 Å². The molecule has 3 rings (SSSR count). The highest BCUT2D eigenvalue weighted by atomic mass is 16.3. The molecule has 0 aliphatic carbocycles. The molecule has 1 atom stereocenters. The van der Waals surface area contributed by atoms with Gasteiger partial charge in [0.15, 0.2) is 0 Å². The Kier molecular flexibility index (Phi) is 5.11. The first-order valence-electron chi connectivity index (χ1n) is 8.41. The van der Waals surface area contributed by atoms with Gasteiger partial charge in [-0.05, 0) is 60.7 Å². The minimum absolute atomic E-state index is 0.000429. The number of likely N-dealkylation sites (tertiary alicyclic amines) is 1. The number of benzene rings is 2. The fraction of sp³-hybridized carbons (Fsp3) is 0.400. The van der Waals surface area contributed by atoms with Crippen LogP contribution in [0.5, 0.6) is 0 Å². The Morgan fingerprint density at radius 2 is 1.65 bits per heavy atom. The van der Waals surface area contributed by atoms with Crippen LogP contribution in [0.25, 0.3) is 11.1 Å². The molecule has 1 saturated heterocycles. The second-order valence-corrected chi connectivity index (χ2v) is 6.35. The Morgan fingerprint density at radius 3 is 2.26 bits per heavy atom. The maximum atomic E-state index is 9.60. The third-order valence-corrected chi connectivity index (χ3v) is 4.92. The van der Waals surface area contributed by atoms with Crippen LogP contribution >= 0.6 is 0 Å². The van der Waals surface area contributed by atoms with Gasteiger partial charge in [-0.15, -0.1) is 0 Å². The van der Waals surface area contributed by atoms with E-state index in [4.69, 9.17) is 0 Å². The maximum absolute atomic E-state index is 9.60. The molecule has 0 bridgehead atoms. The van der Waals surface area contributed by atoms with Gasteiger partial charge in [0.05, 0.1) is 13.2 Å². The summed E-state index contributed by atoms with van der Waals surface area (Å²) >= 11 is 0. The lowest BCUT2D eigenvalue weighted by molar-refractivity contribution is 0.263. The van der Waals surface area contributed by atoms with Crippen molar-refractivity contribution in [2.24, 2.45) is 0 Å². The molecule has 1 heterocycles. The zero-order valence-electron chi connectivity index (χ0n) is 13.7. The third-order valence-electron chi connectivity index (χ3n) is 4.92. The van der Waals surface area contributed by atoms with Gasteiger partial charge < -0.3 is 10.2 Å². The number of hydrogen-bond donors (Lipinski definition) is 2. The normalized spacial score (nSPS) is 16.7. The van der Waals surface area contributed by atoms with E-state index in [9.17, 15) is 10.2 Å². The molecule has 23 heavy (non-hydrogen) atoms. The molecule has 0 spiro atoms. The van der Waals surface area contributed by atoms with E-state index in [0.29, 0.717) is 6.04 Å². The molecule has 0 radical (unpaired) electrons. The van der Waals surface area contributed by atoms with Crippen LogP contribution in [0.4, 0.5) is 0 Å². The highest BCUT2D eigenvalue weighted by Crippen LogP contribution is 2.29. The average Bonchev–Trinajstić information content (AvgIpc) is 3.15. The average molecular weight is 311 g/mol. The molecule has 2 N–H and O–H groups in total. The van der Waals surface area contributed by atoms with Gasteiger partial charge in [-0.3, -0.25) is 4.90 Å². The molecule has 1 fully saturated rings. The molecular weight excluding hydrogens is 286 g/mol. The van der Waals surface area contributed by atoms with Gasteiger partial charge in [-0.2, -0.15) is 0 Å². The van der Waals surface area contributed by atoms with Crippen LogP contribution in [-0.4, -0.2) is 28.2 Å². The van der Waals surface area contributed by atoms with E-state index in [1.54, 1.807) is 0 Å². The van der Waals surface area contributed by atoms with Crippen molar-refractivity contribution in [3.05, 3.63) is 59.2 Å². The summed E-state index contributed by atoms with van der Waals surface area (Å²) in [6.07, 6.45) is 2.61. The summed E-state index contributed by atoms with van der Waals surface area (Å²) in [5.41, 5.74) is 5.17. The SMILES string of the molecule is C[C@H](c1ccc(-c2ccc(CO)cc2CO)cc1)N1CCCC1. The molecule has 1 aliphatic heterocycles. The Balaban J connectivity index is 1.84. The standard InChI is InChI=1S/C20H25NO2/c1-15(21-10-2-3-11-21)17-5-7-18(8-6-17)20-9-4-16(13-22)12-19(20)14-23/h4-9,12,15,22-23H,2-3,10-11,13-14H2,1H3/t15-/m1/s1. The van der Waals surface area contributed by atoms with E-state index in [0.717, 1.165) is 22.3 Å². The maximum Gasteiger partial charge on any atom is 0.0687 e. The van der Waals surface area contributed by atoms with Crippen LogP contribution in [-0.2, 0) is 13.2 Å². The van der Waals surface area contributed by atoms with Crippen molar-refractivity contribution in [2.45, 2.75) is 39.0 Å². The largest absolute Gasteiger partial charge is 0.392 e. The Morgan fingerprint density at radius 1 is 0.957 bits per heavy atom. The molecule has 1 aliphatic rings. The van der Waals surface area contributed by atoms with E-state index in [1.807, 2.05) is 18.2 Å². The summed E-state index contributed by atoms with van der Waals surface area (Å²) in [6.45, 7) is 4.64. The topological polar surface area (TPSA) is 43.7 Å². The molecule has 122 valence electrons. The molecule has 0 saturated carbocycles. The Bertz CT molecular complexity index is 645. The van der Waals surface area contributed by atoms with Crippen LogP contribution in [0.3, 0.4) is 0 Å². The summed E-state index contributed by atoms with van der Waals surface area (Å²) in [4.78, 5) is 2.53. The molecule has 0 unspecified atom stereocenters. The first-order chi connectivity index (χ1) is 11.2. The minimum Gasteiger partial charge on any atom is -0.392 e. The Hall–Kier alpha value is -1.68. The molecule has 0 aromatic heterocycles. The smallest absolute Gasteiger partial charge is 0.0687 e. The molecular formula is C20H25NO2. The van der Waals surface area contributed by atoms with E-state index in [-0.39, 0.29) is 13.2 Å². The predicted molar refractivity (Wildman–Crippen MR) is 92.9 cm³/mol. The van der Waals surface area contributed by atoms with Crippen molar-refractivity contribution >= 4 is 0 Å². The van der Waals surface area contributed by atoms with Crippen LogP contribution in [0.1, 0.15) is 42.5 Å². The van der Waals surface area contributed by atoms with Crippen molar-refractivity contribution in [3.8, 4) is 11.1 Å². The van der Waals surface area contributed by atoms with Gasteiger partial charge >= 0.3 is 0 Å². The summed E-state index contributed by atoms with van der Waals surface area (Å²) in [5, 5.41) is 18.8. The van der Waals surface area contributed by atoms with Crippen LogP contribution in [0.15, 0.2) is 42.5 Å². The summed E-state index contributed by atoms with van der Waals surface area (Å²) < 4.78 is 0. The molecule has 3 nitrogen and oxygen atoms in total. The van der Waals surface area contributed by atoms with E-state index < -0.39 is 0 Å². The molecule has 3 heteroatoms. The third kappa shape index (κ3) is 3.47. The number of rotatable bonds is 5. The van der Waals surface area contributed by atoms with E-state index >= 15 is 0 Å². The van der Waals surface area contributed by atoms with Crippen molar-refractivity contribution in [2.75, 3.05) is 13.1 Å².